The lowest BCUT2D eigenvalue weighted by atomic mass is 10.1. The van der Waals surface area contributed by atoms with Crippen LogP contribution in [0.4, 0.5) is 0 Å². The quantitative estimate of drug-likeness (QED) is 0.238. The normalized spacial score (nSPS) is 9.95. The molecule has 0 N–H and O–H groups in total. The molecule has 1 heteroatoms. The van der Waals surface area contributed by atoms with Crippen LogP contribution in [0.3, 0.4) is 0 Å². The molecule has 0 unspecified atom stereocenters. The van der Waals surface area contributed by atoms with Gasteiger partial charge in [0.2, 0.25) is 0 Å². The van der Waals surface area contributed by atoms with E-state index in [0.717, 1.165) is 32.0 Å². The average molecular weight is 264 g/mol. The Hall–Kier alpha value is -0.770. The zero-order valence-corrected chi connectivity index (χ0v) is 12.9. The fraction of sp³-hybridized carbons (Fsp3) is 0.833. The summed E-state index contributed by atoms with van der Waals surface area (Å²) < 4.78 is 0. The van der Waals surface area contributed by atoms with Gasteiger partial charge in [0, 0.05) is 19.3 Å². The molecule has 0 fully saturated rings. The highest BCUT2D eigenvalue weighted by atomic mass is 16.1. The Morgan fingerprint density at radius 2 is 1.16 bits per heavy atom. The third kappa shape index (κ3) is 17.2. The van der Waals surface area contributed by atoms with E-state index in [2.05, 4.69) is 18.8 Å². The maximum atomic E-state index is 10.1. The summed E-state index contributed by atoms with van der Waals surface area (Å²) in [4.78, 5) is 10.1. The number of hydrogen-bond donors (Lipinski definition) is 0. The molecule has 0 aromatic heterocycles. The summed E-state index contributed by atoms with van der Waals surface area (Å²) in [6.07, 6.45) is 18.2. The van der Waals surface area contributed by atoms with Crippen molar-refractivity contribution in [1.82, 2.24) is 0 Å². The molecule has 0 aliphatic carbocycles. The van der Waals surface area contributed by atoms with Gasteiger partial charge in [-0.2, -0.15) is 0 Å². The van der Waals surface area contributed by atoms with Crippen LogP contribution in [-0.2, 0) is 4.79 Å². The van der Waals surface area contributed by atoms with Crippen molar-refractivity contribution in [3.63, 3.8) is 0 Å². The Labute approximate surface area is 120 Å². The van der Waals surface area contributed by atoms with Crippen molar-refractivity contribution in [2.75, 3.05) is 0 Å². The van der Waals surface area contributed by atoms with Gasteiger partial charge in [-0.3, -0.25) is 0 Å². The molecule has 0 aromatic rings. The number of hydrogen-bond acceptors (Lipinski definition) is 1. The minimum Gasteiger partial charge on any atom is -0.303 e. The topological polar surface area (TPSA) is 17.1 Å². The highest BCUT2D eigenvalue weighted by molar-refractivity contribution is 5.48. The van der Waals surface area contributed by atoms with Crippen molar-refractivity contribution in [1.29, 1.82) is 0 Å². The number of aldehydes is 1. The number of rotatable bonds is 13. The van der Waals surface area contributed by atoms with E-state index in [1.54, 1.807) is 0 Å². The molecule has 19 heavy (non-hydrogen) atoms. The molecule has 0 heterocycles. The van der Waals surface area contributed by atoms with Gasteiger partial charge in [-0.1, -0.05) is 58.3 Å². The predicted molar refractivity (Wildman–Crippen MR) is 84.2 cm³/mol. The molecule has 0 aliphatic rings. The molecule has 0 spiro atoms. The second-order valence-corrected chi connectivity index (χ2v) is 5.34. The van der Waals surface area contributed by atoms with Gasteiger partial charge in [0.25, 0.3) is 0 Å². The van der Waals surface area contributed by atoms with Gasteiger partial charge in [-0.05, 0) is 19.3 Å². The van der Waals surface area contributed by atoms with Gasteiger partial charge < -0.3 is 4.79 Å². The third-order valence-electron chi connectivity index (χ3n) is 3.40. The summed E-state index contributed by atoms with van der Waals surface area (Å²) in [5.41, 5.74) is 0. The SMILES string of the molecule is CCCCCCCCCCCC#CCCCCC=O. The highest BCUT2D eigenvalue weighted by Crippen LogP contribution is 2.10. The first-order valence-electron chi connectivity index (χ1n) is 8.31. The Morgan fingerprint density at radius 3 is 1.68 bits per heavy atom. The van der Waals surface area contributed by atoms with Crippen LogP contribution in [0.25, 0.3) is 0 Å². The first-order chi connectivity index (χ1) is 9.41. The highest BCUT2D eigenvalue weighted by Gasteiger charge is 1.91. The molecule has 0 rings (SSSR count). The van der Waals surface area contributed by atoms with Crippen LogP contribution in [-0.4, -0.2) is 6.29 Å². The van der Waals surface area contributed by atoms with E-state index in [9.17, 15) is 4.79 Å². The summed E-state index contributed by atoms with van der Waals surface area (Å²) in [6.45, 7) is 2.27. The van der Waals surface area contributed by atoms with E-state index < -0.39 is 0 Å². The molecule has 0 aromatic carbocycles. The van der Waals surface area contributed by atoms with Gasteiger partial charge in [0.05, 0.1) is 0 Å². The minimum atomic E-state index is 0.694. The monoisotopic (exact) mass is 264 g/mol. The lowest BCUT2D eigenvalue weighted by Crippen LogP contribution is -1.81. The smallest absolute Gasteiger partial charge is 0.119 e. The van der Waals surface area contributed by atoms with Crippen LogP contribution in [0.15, 0.2) is 0 Å². The Balaban J connectivity index is 3.05. The van der Waals surface area contributed by atoms with E-state index in [-0.39, 0.29) is 0 Å². The third-order valence-corrected chi connectivity index (χ3v) is 3.40. The summed E-state index contributed by atoms with van der Waals surface area (Å²) in [6, 6.07) is 0. The molecule has 0 radical (unpaired) electrons. The maximum Gasteiger partial charge on any atom is 0.119 e. The van der Waals surface area contributed by atoms with Crippen molar-refractivity contribution in [3.05, 3.63) is 0 Å². The zero-order valence-electron chi connectivity index (χ0n) is 12.9. The van der Waals surface area contributed by atoms with Gasteiger partial charge >= 0.3 is 0 Å². The molecule has 0 saturated heterocycles. The molecular weight excluding hydrogens is 232 g/mol. The molecule has 110 valence electrons. The van der Waals surface area contributed by atoms with Crippen LogP contribution < -0.4 is 0 Å². The first kappa shape index (κ1) is 18.2. The minimum absolute atomic E-state index is 0.694. The Kier molecular flexibility index (Phi) is 16.5. The fourth-order valence-electron chi connectivity index (χ4n) is 2.14. The van der Waals surface area contributed by atoms with Gasteiger partial charge in [0.1, 0.15) is 6.29 Å². The van der Waals surface area contributed by atoms with Crippen molar-refractivity contribution in [3.8, 4) is 11.8 Å². The van der Waals surface area contributed by atoms with Crippen LogP contribution in [0.1, 0.15) is 96.8 Å². The van der Waals surface area contributed by atoms with Crippen molar-refractivity contribution >= 4 is 6.29 Å². The average Bonchev–Trinajstić information content (AvgIpc) is 2.43. The van der Waals surface area contributed by atoms with Crippen LogP contribution in [0.2, 0.25) is 0 Å². The predicted octanol–water partition coefficient (Wildman–Crippen LogP) is 5.67. The summed E-state index contributed by atoms with van der Waals surface area (Å²) >= 11 is 0. The van der Waals surface area contributed by atoms with E-state index in [1.165, 1.54) is 57.8 Å². The summed E-state index contributed by atoms with van der Waals surface area (Å²) in [7, 11) is 0. The maximum absolute atomic E-state index is 10.1. The zero-order chi connectivity index (χ0) is 14.0. The lowest BCUT2D eigenvalue weighted by Gasteiger charge is -2.00. The first-order valence-corrected chi connectivity index (χ1v) is 8.31. The number of carbonyl (C=O) groups excluding carboxylic acids is 1. The molecular formula is C18H32O. The van der Waals surface area contributed by atoms with Crippen molar-refractivity contribution in [2.24, 2.45) is 0 Å². The van der Waals surface area contributed by atoms with Crippen molar-refractivity contribution < 1.29 is 4.79 Å². The van der Waals surface area contributed by atoms with Crippen LogP contribution in [0, 0.1) is 11.8 Å². The largest absolute Gasteiger partial charge is 0.303 e. The molecule has 0 bridgehead atoms. The fourth-order valence-corrected chi connectivity index (χ4v) is 2.14. The number of unbranched alkanes of at least 4 members (excludes halogenated alkanes) is 12. The van der Waals surface area contributed by atoms with Crippen LogP contribution >= 0.6 is 0 Å². The second-order valence-electron chi connectivity index (χ2n) is 5.34. The second kappa shape index (κ2) is 17.2. The lowest BCUT2D eigenvalue weighted by molar-refractivity contribution is -0.107. The van der Waals surface area contributed by atoms with Gasteiger partial charge in [-0.15, -0.1) is 11.8 Å². The molecule has 0 aliphatic heterocycles. The Morgan fingerprint density at radius 1 is 0.684 bits per heavy atom. The van der Waals surface area contributed by atoms with E-state index in [1.807, 2.05) is 0 Å². The summed E-state index contributed by atoms with van der Waals surface area (Å²) in [5, 5.41) is 0. The molecule has 0 saturated carbocycles. The van der Waals surface area contributed by atoms with Gasteiger partial charge in [0.15, 0.2) is 0 Å². The van der Waals surface area contributed by atoms with E-state index >= 15 is 0 Å². The molecule has 0 amide bonds. The summed E-state index contributed by atoms with van der Waals surface area (Å²) in [5.74, 6) is 6.45. The number of carbonyl (C=O) groups is 1. The van der Waals surface area contributed by atoms with E-state index in [0.29, 0.717) is 6.42 Å². The van der Waals surface area contributed by atoms with Crippen molar-refractivity contribution in [2.45, 2.75) is 96.8 Å². The van der Waals surface area contributed by atoms with Gasteiger partial charge in [-0.25, -0.2) is 0 Å². The standard InChI is InChI=1S/C18H32O/c1-2-3-4-5-6-7-8-9-10-11-12-13-14-15-16-17-18-19/h18H,2-11,14-17H2,1H3. The molecule has 0 atom stereocenters. The van der Waals surface area contributed by atoms with E-state index in [4.69, 9.17) is 0 Å². The molecule has 1 nitrogen and oxygen atoms in total. The van der Waals surface area contributed by atoms with Crippen LogP contribution in [0.5, 0.6) is 0 Å². The Bertz CT molecular complexity index is 234.